The number of phenols is 1. The zero-order chi connectivity index (χ0) is 13.8. The van der Waals surface area contributed by atoms with Crippen molar-refractivity contribution in [1.82, 2.24) is 0 Å². The molecule has 0 atom stereocenters. The van der Waals surface area contributed by atoms with Crippen LogP contribution in [0.25, 0.3) is 0 Å². The first-order chi connectivity index (χ1) is 9.13. The minimum absolute atomic E-state index is 0.129. The van der Waals surface area contributed by atoms with Crippen molar-refractivity contribution >= 4 is 17.3 Å². The van der Waals surface area contributed by atoms with E-state index in [1.165, 1.54) is 0 Å². The molecule has 0 aromatic heterocycles. The minimum atomic E-state index is -0.175. The molecule has 1 amide bonds. The van der Waals surface area contributed by atoms with Crippen LogP contribution in [0, 0.1) is 0 Å². The van der Waals surface area contributed by atoms with Crippen molar-refractivity contribution in [3.63, 3.8) is 0 Å². The van der Waals surface area contributed by atoms with Crippen LogP contribution in [-0.4, -0.2) is 17.6 Å². The number of benzene rings is 2. The maximum atomic E-state index is 12.5. The summed E-state index contributed by atoms with van der Waals surface area (Å²) >= 11 is 0. The maximum absolute atomic E-state index is 12.5. The van der Waals surface area contributed by atoms with Gasteiger partial charge < -0.3 is 15.7 Å². The summed E-state index contributed by atoms with van der Waals surface area (Å²) in [5.41, 5.74) is 7.39. The first-order valence-electron chi connectivity index (χ1n) is 6.09. The molecule has 0 aliphatic carbocycles. The Labute approximate surface area is 112 Å². The summed E-state index contributed by atoms with van der Waals surface area (Å²) in [5.74, 6) is -0.0454. The Kier molecular flexibility index (Phi) is 3.71. The number of hydrogen-bond acceptors (Lipinski definition) is 3. The Morgan fingerprint density at radius 3 is 2.58 bits per heavy atom. The number of amides is 1. The molecule has 0 aliphatic heterocycles. The van der Waals surface area contributed by atoms with Gasteiger partial charge in [0.2, 0.25) is 0 Å². The predicted molar refractivity (Wildman–Crippen MR) is 76.3 cm³/mol. The molecule has 98 valence electrons. The summed E-state index contributed by atoms with van der Waals surface area (Å²) in [6, 6.07) is 13.6. The predicted octanol–water partition coefficient (Wildman–Crippen LogP) is 2.64. The van der Waals surface area contributed by atoms with Gasteiger partial charge in [0, 0.05) is 24.0 Å². The third-order valence-electron chi connectivity index (χ3n) is 2.89. The number of anilines is 2. The fraction of sp³-hybridized carbons (Fsp3) is 0.133. The van der Waals surface area contributed by atoms with Gasteiger partial charge in [-0.15, -0.1) is 0 Å². The van der Waals surface area contributed by atoms with Crippen molar-refractivity contribution in [3.05, 3.63) is 54.1 Å². The zero-order valence-electron chi connectivity index (χ0n) is 10.7. The Morgan fingerprint density at radius 2 is 1.95 bits per heavy atom. The van der Waals surface area contributed by atoms with Crippen LogP contribution in [0.5, 0.6) is 5.75 Å². The minimum Gasteiger partial charge on any atom is -0.508 e. The number of hydrogen-bond donors (Lipinski definition) is 2. The summed E-state index contributed by atoms with van der Waals surface area (Å²) in [6.07, 6.45) is 0. The van der Waals surface area contributed by atoms with Gasteiger partial charge in [-0.25, -0.2) is 0 Å². The van der Waals surface area contributed by atoms with Gasteiger partial charge in [0.1, 0.15) is 5.75 Å². The lowest BCUT2D eigenvalue weighted by Crippen LogP contribution is -2.31. The monoisotopic (exact) mass is 256 g/mol. The molecule has 2 aromatic rings. The van der Waals surface area contributed by atoms with Gasteiger partial charge in [0.15, 0.2) is 0 Å². The quantitative estimate of drug-likeness (QED) is 0.830. The standard InChI is InChI=1S/C15H16N2O2/c1-2-17(11-6-5-7-12(18)10-11)15(19)13-8-3-4-9-14(13)16/h3-10,18H,2,16H2,1H3. The molecule has 0 saturated heterocycles. The zero-order valence-corrected chi connectivity index (χ0v) is 10.7. The highest BCUT2D eigenvalue weighted by atomic mass is 16.3. The van der Waals surface area contributed by atoms with Crippen molar-refractivity contribution in [2.75, 3.05) is 17.2 Å². The highest BCUT2D eigenvalue weighted by Gasteiger charge is 2.18. The highest BCUT2D eigenvalue weighted by molar-refractivity contribution is 6.09. The third kappa shape index (κ3) is 2.68. The average molecular weight is 256 g/mol. The largest absolute Gasteiger partial charge is 0.508 e. The van der Waals surface area contributed by atoms with Crippen LogP contribution >= 0.6 is 0 Å². The van der Waals surface area contributed by atoms with Crippen molar-refractivity contribution < 1.29 is 9.90 Å². The molecule has 0 bridgehead atoms. The Morgan fingerprint density at radius 1 is 1.21 bits per heavy atom. The maximum Gasteiger partial charge on any atom is 0.260 e. The number of aromatic hydroxyl groups is 1. The second-order valence-corrected chi connectivity index (χ2v) is 4.16. The average Bonchev–Trinajstić information content (AvgIpc) is 2.40. The third-order valence-corrected chi connectivity index (χ3v) is 2.89. The number of nitrogens with two attached hydrogens (primary N) is 1. The van der Waals surface area contributed by atoms with Crippen molar-refractivity contribution in [2.45, 2.75) is 6.92 Å². The molecule has 0 fully saturated rings. The first kappa shape index (κ1) is 13.0. The fourth-order valence-electron chi connectivity index (χ4n) is 1.94. The van der Waals surface area contributed by atoms with Gasteiger partial charge in [-0.05, 0) is 31.2 Å². The number of nitrogens with zero attached hydrogens (tertiary/aromatic N) is 1. The molecule has 2 aromatic carbocycles. The molecular weight excluding hydrogens is 240 g/mol. The van der Waals surface area contributed by atoms with E-state index in [1.807, 2.05) is 6.92 Å². The number of carbonyl (C=O) groups is 1. The van der Waals surface area contributed by atoms with Gasteiger partial charge in [0.05, 0.1) is 5.56 Å². The van der Waals surface area contributed by atoms with E-state index in [2.05, 4.69) is 0 Å². The van der Waals surface area contributed by atoms with Gasteiger partial charge in [-0.1, -0.05) is 18.2 Å². The fourth-order valence-corrected chi connectivity index (χ4v) is 1.94. The summed E-state index contributed by atoms with van der Waals surface area (Å²) in [7, 11) is 0. The molecule has 3 N–H and O–H groups in total. The molecule has 4 nitrogen and oxygen atoms in total. The van der Waals surface area contributed by atoms with Crippen LogP contribution in [0.2, 0.25) is 0 Å². The van der Waals surface area contributed by atoms with E-state index >= 15 is 0 Å². The van der Waals surface area contributed by atoms with Crippen molar-refractivity contribution in [2.24, 2.45) is 0 Å². The summed E-state index contributed by atoms with van der Waals surface area (Å²) < 4.78 is 0. The molecule has 0 saturated carbocycles. The van der Waals surface area contributed by atoms with Gasteiger partial charge in [-0.3, -0.25) is 4.79 Å². The number of phenolic OH excluding ortho intramolecular Hbond substituents is 1. The molecule has 0 spiro atoms. The Hall–Kier alpha value is -2.49. The van der Waals surface area contributed by atoms with E-state index in [0.717, 1.165) is 0 Å². The van der Waals surface area contributed by atoms with Crippen LogP contribution in [0.4, 0.5) is 11.4 Å². The van der Waals surface area contributed by atoms with E-state index in [-0.39, 0.29) is 11.7 Å². The lowest BCUT2D eigenvalue weighted by atomic mass is 10.1. The topological polar surface area (TPSA) is 66.6 Å². The van der Waals surface area contributed by atoms with E-state index in [4.69, 9.17) is 5.73 Å². The highest BCUT2D eigenvalue weighted by Crippen LogP contribution is 2.23. The molecule has 4 heteroatoms. The molecule has 0 heterocycles. The molecule has 0 aliphatic rings. The lowest BCUT2D eigenvalue weighted by molar-refractivity contribution is 0.0989. The van der Waals surface area contributed by atoms with Crippen LogP contribution in [0.1, 0.15) is 17.3 Å². The molecular formula is C15H16N2O2. The second-order valence-electron chi connectivity index (χ2n) is 4.16. The van der Waals surface area contributed by atoms with Crippen molar-refractivity contribution in [3.8, 4) is 5.75 Å². The van der Waals surface area contributed by atoms with Crippen LogP contribution < -0.4 is 10.6 Å². The van der Waals surface area contributed by atoms with E-state index in [0.29, 0.717) is 23.5 Å². The van der Waals surface area contributed by atoms with E-state index < -0.39 is 0 Å². The molecule has 0 unspecified atom stereocenters. The van der Waals surface area contributed by atoms with Gasteiger partial charge >= 0.3 is 0 Å². The number of carbonyl (C=O) groups excluding carboxylic acids is 1. The Balaban J connectivity index is 2.38. The smallest absolute Gasteiger partial charge is 0.260 e. The van der Waals surface area contributed by atoms with Crippen LogP contribution in [-0.2, 0) is 0 Å². The summed E-state index contributed by atoms with van der Waals surface area (Å²) in [5, 5.41) is 9.50. The lowest BCUT2D eigenvalue weighted by Gasteiger charge is -2.22. The Bertz CT molecular complexity index is 596. The number of para-hydroxylation sites is 1. The van der Waals surface area contributed by atoms with Crippen LogP contribution in [0.3, 0.4) is 0 Å². The first-order valence-corrected chi connectivity index (χ1v) is 6.09. The van der Waals surface area contributed by atoms with Crippen molar-refractivity contribution in [1.29, 1.82) is 0 Å². The van der Waals surface area contributed by atoms with Crippen LogP contribution in [0.15, 0.2) is 48.5 Å². The van der Waals surface area contributed by atoms with Gasteiger partial charge in [0.25, 0.3) is 5.91 Å². The molecule has 2 rings (SSSR count). The molecule has 0 radical (unpaired) electrons. The number of rotatable bonds is 3. The SMILES string of the molecule is CCN(C(=O)c1ccccc1N)c1cccc(O)c1. The van der Waals surface area contributed by atoms with Gasteiger partial charge in [-0.2, -0.15) is 0 Å². The normalized spacial score (nSPS) is 10.2. The summed E-state index contributed by atoms with van der Waals surface area (Å²) in [4.78, 5) is 14.0. The second kappa shape index (κ2) is 5.44. The summed E-state index contributed by atoms with van der Waals surface area (Å²) in [6.45, 7) is 2.37. The number of nitrogen functional groups attached to an aromatic ring is 1. The molecule has 19 heavy (non-hydrogen) atoms. The van der Waals surface area contributed by atoms with E-state index in [9.17, 15) is 9.90 Å². The van der Waals surface area contributed by atoms with E-state index in [1.54, 1.807) is 53.4 Å².